The molecule has 3 N–H and O–H groups in total. The minimum Gasteiger partial charge on any atom is -0.393 e. The molecular formula is C25H30F2N6O3. The van der Waals surface area contributed by atoms with Crippen LogP contribution in [0.5, 0.6) is 0 Å². The first kappa shape index (κ1) is 23.5. The first-order valence-electron chi connectivity index (χ1n) is 12.7. The lowest BCUT2D eigenvalue weighted by Gasteiger charge is -2.35. The quantitative estimate of drug-likeness (QED) is 0.473. The Balaban J connectivity index is 1.28. The molecule has 0 bridgehead atoms. The van der Waals surface area contributed by atoms with Gasteiger partial charge in [-0.1, -0.05) is 0 Å². The van der Waals surface area contributed by atoms with Gasteiger partial charge in [-0.3, -0.25) is 4.57 Å². The van der Waals surface area contributed by atoms with Crippen molar-refractivity contribution in [2.24, 2.45) is 0 Å². The summed E-state index contributed by atoms with van der Waals surface area (Å²) in [6, 6.07) is 3.62. The maximum absolute atomic E-state index is 14.4. The van der Waals surface area contributed by atoms with Crippen LogP contribution < -0.4 is 10.6 Å². The number of aliphatic hydroxyl groups excluding tert-OH is 1. The van der Waals surface area contributed by atoms with E-state index in [0.29, 0.717) is 49.1 Å². The Morgan fingerprint density at radius 3 is 2.47 bits per heavy atom. The molecular weight excluding hydrogens is 470 g/mol. The molecule has 2 aliphatic carbocycles. The minimum absolute atomic E-state index is 0.0263. The molecule has 0 atom stereocenters. The number of nitrogens with zero attached hydrogens (tertiary/aromatic N) is 4. The third kappa shape index (κ3) is 4.62. The summed E-state index contributed by atoms with van der Waals surface area (Å²) in [5, 5.41) is 16.5. The second-order valence-corrected chi connectivity index (χ2v) is 9.95. The van der Waals surface area contributed by atoms with Gasteiger partial charge in [0.25, 0.3) is 0 Å². The zero-order valence-corrected chi connectivity index (χ0v) is 19.9. The summed E-state index contributed by atoms with van der Waals surface area (Å²) in [5.74, 6) is -0.851. The normalized spacial score (nSPS) is 24.4. The average molecular weight is 501 g/mol. The van der Waals surface area contributed by atoms with Crippen molar-refractivity contribution >= 4 is 28.7 Å². The fraction of sp³-hybridized carbons (Fsp3) is 0.560. The molecule has 1 aliphatic heterocycles. The van der Waals surface area contributed by atoms with Crippen LogP contribution in [0, 0.1) is 11.6 Å². The molecule has 3 aromatic rings. The lowest BCUT2D eigenvalue weighted by Crippen LogP contribution is -2.39. The van der Waals surface area contributed by atoms with Crippen molar-refractivity contribution in [1.82, 2.24) is 19.5 Å². The van der Waals surface area contributed by atoms with E-state index in [2.05, 4.69) is 20.6 Å². The molecule has 1 aromatic carbocycles. The first-order valence-corrected chi connectivity index (χ1v) is 12.7. The van der Waals surface area contributed by atoms with Crippen molar-refractivity contribution < 1.29 is 23.4 Å². The third-order valence-corrected chi connectivity index (χ3v) is 7.54. The molecule has 3 heterocycles. The van der Waals surface area contributed by atoms with Gasteiger partial charge < -0.3 is 25.2 Å². The maximum Gasteiger partial charge on any atom is 0.224 e. The van der Waals surface area contributed by atoms with E-state index >= 15 is 0 Å². The van der Waals surface area contributed by atoms with Gasteiger partial charge in [-0.15, -0.1) is 0 Å². The van der Waals surface area contributed by atoms with Crippen LogP contribution in [0.1, 0.15) is 57.4 Å². The highest BCUT2D eigenvalue weighted by Gasteiger charge is 2.40. The van der Waals surface area contributed by atoms with Crippen LogP contribution in [0.2, 0.25) is 0 Å². The van der Waals surface area contributed by atoms with Crippen molar-refractivity contribution in [3.8, 4) is 0 Å². The number of imidazole rings is 1. The summed E-state index contributed by atoms with van der Waals surface area (Å²) in [7, 11) is 0. The monoisotopic (exact) mass is 500 g/mol. The highest BCUT2D eigenvalue weighted by atomic mass is 19.1. The van der Waals surface area contributed by atoms with Gasteiger partial charge in [-0.2, -0.15) is 4.98 Å². The fourth-order valence-corrected chi connectivity index (χ4v) is 5.59. The molecule has 36 heavy (non-hydrogen) atoms. The van der Waals surface area contributed by atoms with Gasteiger partial charge in [0.15, 0.2) is 11.4 Å². The number of aromatic nitrogens is 4. The molecule has 1 saturated heterocycles. The first-order chi connectivity index (χ1) is 17.5. The number of benzene rings is 1. The summed E-state index contributed by atoms with van der Waals surface area (Å²) >= 11 is 0. The number of hydrogen-bond donors (Lipinski definition) is 3. The van der Waals surface area contributed by atoms with Crippen molar-refractivity contribution in [3.05, 3.63) is 36.0 Å². The number of fused-ring (bicyclic) bond motifs is 1. The Morgan fingerprint density at radius 2 is 1.75 bits per heavy atom. The van der Waals surface area contributed by atoms with E-state index in [0.717, 1.165) is 44.6 Å². The van der Waals surface area contributed by atoms with Crippen molar-refractivity contribution in [2.75, 3.05) is 23.8 Å². The zero-order valence-electron chi connectivity index (χ0n) is 19.9. The van der Waals surface area contributed by atoms with Gasteiger partial charge in [0.05, 0.1) is 31.2 Å². The Kier molecular flexibility index (Phi) is 6.22. The molecule has 2 aromatic heterocycles. The number of nitrogens with one attached hydrogen (secondary N) is 2. The van der Waals surface area contributed by atoms with E-state index < -0.39 is 17.4 Å². The Labute approximate surface area is 207 Å². The molecule has 6 rings (SSSR count). The molecule has 2 saturated carbocycles. The number of rotatable bonds is 5. The maximum atomic E-state index is 14.4. The number of hydrogen-bond acceptors (Lipinski definition) is 8. The number of aliphatic hydroxyl groups is 1. The Bertz CT molecular complexity index is 1230. The van der Waals surface area contributed by atoms with Gasteiger partial charge >= 0.3 is 0 Å². The van der Waals surface area contributed by atoms with Crippen LogP contribution in [0.3, 0.4) is 0 Å². The van der Waals surface area contributed by atoms with E-state index in [4.69, 9.17) is 14.5 Å². The van der Waals surface area contributed by atoms with Crippen LogP contribution in [0.25, 0.3) is 11.2 Å². The summed E-state index contributed by atoms with van der Waals surface area (Å²) in [6.45, 7) is 1.30. The number of anilines is 3. The molecule has 0 amide bonds. The van der Waals surface area contributed by atoms with Gasteiger partial charge in [-0.05, 0) is 50.7 Å². The highest BCUT2D eigenvalue weighted by molar-refractivity contribution is 5.76. The summed E-state index contributed by atoms with van der Waals surface area (Å²) in [4.78, 5) is 13.9. The Morgan fingerprint density at radius 1 is 1.00 bits per heavy atom. The number of ether oxygens (including phenoxy) is 2. The molecule has 0 unspecified atom stereocenters. The van der Waals surface area contributed by atoms with E-state index in [1.165, 1.54) is 12.1 Å². The van der Waals surface area contributed by atoms with Gasteiger partial charge in [0.1, 0.15) is 17.2 Å². The molecule has 192 valence electrons. The summed E-state index contributed by atoms with van der Waals surface area (Å²) in [5.41, 5.74) is 1.34. The van der Waals surface area contributed by atoms with Crippen LogP contribution in [-0.4, -0.2) is 55.8 Å². The van der Waals surface area contributed by atoms with E-state index in [1.807, 2.05) is 4.57 Å². The highest BCUT2D eigenvalue weighted by Crippen LogP contribution is 2.38. The molecule has 9 nitrogen and oxygen atoms in total. The van der Waals surface area contributed by atoms with E-state index in [-0.39, 0.29) is 23.9 Å². The van der Waals surface area contributed by atoms with Crippen LogP contribution in [0.4, 0.5) is 26.4 Å². The average Bonchev–Trinajstić information content (AvgIpc) is 3.47. The second-order valence-electron chi connectivity index (χ2n) is 9.95. The lowest BCUT2D eigenvalue weighted by molar-refractivity contribution is -0.177. The van der Waals surface area contributed by atoms with Crippen LogP contribution in [0.15, 0.2) is 24.4 Å². The Hall–Kier alpha value is -2.89. The topological polar surface area (TPSA) is 106 Å². The largest absolute Gasteiger partial charge is 0.393 e. The van der Waals surface area contributed by atoms with Gasteiger partial charge in [0, 0.05) is 31.0 Å². The van der Waals surface area contributed by atoms with E-state index in [9.17, 15) is 13.9 Å². The molecule has 0 radical (unpaired) electrons. The van der Waals surface area contributed by atoms with Crippen molar-refractivity contribution in [2.45, 2.75) is 75.3 Å². The smallest absolute Gasteiger partial charge is 0.224 e. The van der Waals surface area contributed by atoms with Crippen molar-refractivity contribution in [3.63, 3.8) is 0 Å². The lowest BCUT2D eigenvalue weighted by atomic mass is 9.90. The predicted octanol–water partition coefficient (Wildman–Crippen LogP) is 4.42. The van der Waals surface area contributed by atoms with Crippen LogP contribution >= 0.6 is 0 Å². The SMILES string of the molecule is OC1CCC(n2c(Nc3ccc(F)cc3F)nc3cnc(NC4CCC5(CC4)OCCO5)nc32)CC1. The summed E-state index contributed by atoms with van der Waals surface area (Å²) < 4.78 is 41.5. The minimum atomic E-state index is -0.702. The van der Waals surface area contributed by atoms with Gasteiger partial charge in [-0.25, -0.2) is 18.7 Å². The second kappa shape index (κ2) is 9.53. The zero-order chi connectivity index (χ0) is 24.7. The fourth-order valence-electron chi connectivity index (χ4n) is 5.59. The molecule has 11 heteroatoms. The third-order valence-electron chi connectivity index (χ3n) is 7.54. The number of halogens is 2. The predicted molar refractivity (Wildman–Crippen MR) is 129 cm³/mol. The van der Waals surface area contributed by atoms with Gasteiger partial charge in [0.2, 0.25) is 11.9 Å². The standard InChI is InChI=1S/C25H30F2N6O3/c26-15-1-6-20(19(27)13-15)30-24-31-21-14-28-23(29-16-7-9-25(10-8-16)35-11-12-36-25)32-22(21)33(24)17-2-4-18(34)5-3-17/h1,6,13-14,16-18,34H,2-5,7-12H2,(H,30,31)(H,28,29,32). The van der Waals surface area contributed by atoms with Crippen LogP contribution in [-0.2, 0) is 9.47 Å². The molecule has 3 aliphatic rings. The van der Waals surface area contributed by atoms with Crippen molar-refractivity contribution in [1.29, 1.82) is 0 Å². The molecule has 1 spiro atoms. The van der Waals surface area contributed by atoms with E-state index in [1.54, 1.807) is 6.20 Å². The summed E-state index contributed by atoms with van der Waals surface area (Å²) in [6.07, 6.45) is 7.58. The molecule has 3 fully saturated rings.